The molecule has 0 radical (unpaired) electrons. The van der Waals surface area contributed by atoms with E-state index in [-0.39, 0.29) is 11.4 Å². The van der Waals surface area contributed by atoms with Gasteiger partial charge in [-0.1, -0.05) is 32.9 Å². The minimum Gasteiger partial charge on any atom is -0.406 e. The first-order chi connectivity index (χ1) is 10.9. The Morgan fingerprint density at radius 1 is 1.13 bits per heavy atom. The second-order valence-electron chi connectivity index (χ2n) is 6.78. The van der Waals surface area contributed by atoms with Crippen molar-refractivity contribution >= 4 is 23.6 Å². The molecule has 0 unspecified atom stereocenters. The summed E-state index contributed by atoms with van der Waals surface area (Å²) in [4.78, 5) is 18.5. The molecule has 5 nitrogen and oxygen atoms in total. The number of hydrogen-bond acceptors (Lipinski definition) is 5. The number of rotatable bonds is 2. The lowest BCUT2D eigenvalue weighted by molar-refractivity contribution is -0.130. The molecule has 23 heavy (non-hydrogen) atoms. The van der Waals surface area contributed by atoms with Gasteiger partial charge in [-0.25, -0.2) is 9.79 Å². The van der Waals surface area contributed by atoms with Crippen molar-refractivity contribution in [1.82, 2.24) is 0 Å². The van der Waals surface area contributed by atoms with Crippen LogP contribution in [0.5, 0.6) is 0 Å². The molecule has 5 heteroatoms. The third-order valence-corrected chi connectivity index (χ3v) is 3.83. The molecule has 1 fully saturated rings. The number of nitrogens with zero attached hydrogens (tertiary/aromatic N) is 2. The molecule has 0 amide bonds. The van der Waals surface area contributed by atoms with Gasteiger partial charge in [0.05, 0.1) is 13.2 Å². The zero-order valence-electron chi connectivity index (χ0n) is 13.8. The molecule has 0 atom stereocenters. The second-order valence-corrected chi connectivity index (χ2v) is 6.78. The van der Waals surface area contributed by atoms with Crippen molar-refractivity contribution in [1.29, 1.82) is 0 Å². The molecule has 0 aliphatic carbocycles. The minimum atomic E-state index is -0.382. The number of hydrogen-bond donors (Lipinski definition) is 0. The Kier molecular flexibility index (Phi) is 4.22. The largest absolute Gasteiger partial charge is 0.406 e. The molecule has 0 saturated carbocycles. The lowest BCUT2D eigenvalue weighted by Crippen LogP contribution is -2.36. The fourth-order valence-electron chi connectivity index (χ4n) is 2.49. The smallest absolute Gasteiger partial charge is 0.363 e. The number of benzene rings is 1. The van der Waals surface area contributed by atoms with Gasteiger partial charge in [0.1, 0.15) is 0 Å². The van der Waals surface area contributed by atoms with Crippen molar-refractivity contribution in [3.63, 3.8) is 0 Å². The number of cyclic esters (lactones) is 1. The van der Waals surface area contributed by atoms with Crippen molar-refractivity contribution in [3.8, 4) is 0 Å². The second kappa shape index (κ2) is 6.16. The van der Waals surface area contributed by atoms with Crippen molar-refractivity contribution < 1.29 is 14.3 Å². The van der Waals surface area contributed by atoms with Crippen LogP contribution in [-0.2, 0) is 14.3 Å². The maximum Gasteiger partial charge on any atom is 0.363 e. The topological polar surface area (TPSA) is 51.1 Å². The number of esters is 1. The Morgan fingerprint density at radius 2 is 1.78 bits per heavy atom. The van der Waals surface area contributed by atoms with E-state index >= 15 is 0 Å². The van der Waals surface area contributed by atoms with Crippen LogP contribution in [0, 0.1) is 5.41 Å². The fourth-order valence-corrected chi connectivity index (χ4v) is 2.49. The van der Waals surface area contributed by atoms with E-state index in [9.17, 15) is 4.79 Å². The number of ether oxygens (including phenoxy) is 2. The molecule has 3 rings (SSSR count). The van der Waals surface area contributed by atoms with Gasteiger partial charge in [-0.3, -0.25) is 0 Å². The van der Waals surface area contributed by atoms with E-state index < -0.39 is 0 Å². The van der Waals surface area contributed by atoms with E-state index in [4.69, 9.17) is 9.47 Å². The molecular weight excluding hydrogens is 292 g/mol. The van der Waals surface area contributed by atoms with Crippen LogP contribution in [-0.4, -0.2) is 38.2 Å². The fraction of sp³-hybridized carbons (Fsp3) is 0.444. The van der Waals surface area contributed by atoms with E-state index in [2.05, 4.69) is 22.0 Å². The van der Waals surface area contributed by atoms with Crippen molar-refractivity contribution in [2.75, 3.05) is 31.2 Å². The summed E-state index contributed by atoms with van der Waals surface area (Å²) in [5, 5.41) is 0. The van der Waals surface area contributed by atoms with Crippen molar-refractivity contribution in [2.45, 2.75) is 20.8 Å². The highest BCUT2D eigenvalue weighted by molar-refractivity contribution is 6.08. The number of carbonyl (C=O) groups excluding carboxylic acids is 1. The zero-order valence-corrected chi connectivity index (χ0v) is 13.8. The molecule has 1 saturated heterocycles. The van der Waals surface area contributed by atoms with Gasteiger partial charge in [0.25, 0.3) is 0 Å². The maximum absolute atomic E-state index is 11.9. The Morgan fingerprint density at radius 3 is 2.35 bits per heavy atom. The molecule has 2 aliphatic heterocycles. The van der Waals surface area contributed by atoms with Crippen LogP contribution in [0.4, 0.5) is 5.69 Å². The van der Waals surface area contributed by atoms with E-state index in [0.29, 0.717) is 11.6 Å². The van der Waals surface area contributed by atoms with Crippen molar-refractivity contribution in [3.05, 3.63) is 35.5 Å². The molecule has 2 heterocycles. The summed E-state index contributed by atoms with van der Waals surface area (Å²) in [6, 6.07) is 8.12. The number of carbonyl (C=O) groups is 1. The third kappa shape index (κ3) is 3.62. The standard InChI is InChI=1S/C18H22N2O3/c1-18(2,3)17-19-15(16(21)23-17)12-13-4-6-14(7-5-13)20-8-10-22-11-9-20/h4-7,12H,8-11H2,1-3H3. The van der Waals surface area contributed by atoms with Crippen LogP contribution < -0.4 is 4.90 Å². The molecular formula is C18H22N2O3. The molecule has 0 N–H and O–H groups in total. The summed E-state index contributed by atoms with van der Waals surface area (Å²) in [5.41, 5.74) is 2.19. The van der Waals surface area contributed by atoms with Gasteiger partial charge < -0.3 is 14.4 Å². The minimum absolute atomic E-state index is 0.272. The van der Waals surface area contributed by atoms with Gasteiger partial charge in [-0.05, 0) is 23.8 Å². The normalized spacial score (nSPS) is 20.7. The zero-order chi connectivity index (χ0) is 16.4. The SMILES string of the molecule is CC(C)(C)C1=NC(=Cc2ccc(N3CCOCC3)cc2)C(=O)O1. The highest BCUT2D eigenvalue weighted by atomic mass is 16.6. The average molecular weight is 314 g/mol. The van der Waals surface area contributed by atoms with Crippen LogP contribution in [0.1, 0.15) is 26.3 Å². The summed E-state index contributed by atoms with van der Waals surface area (Å²) in [7, 11) is 0. The number of morpholine rings is 1. The molecule has 1 aromatic carbocycles. The predicted molar refractivity (Wildman–Crippen MR) is 90.4 cm³/mol. The summed E-state index contributed by atoms with van der Waals surface area (Å²) in [5.74, 6) is 0.0888. The van der Waals surface area contributed by atoms with Crippen LogP contribution in [0.2, 0.25) is 0 Å². The third-order valence-electron chi connectivity index (χ3n) is 3.83. The Labute approximate surface area is 136 Å². The van der Waals surface area contributed by atoms with Gasteiger partial charge in [-0.2, -0.15) is 0 Å². The first-order valence-electron chi connectivity index (χ1n) is 7.89. The quantitative estimate of drug-likeness (QED) is 0.622. The average Bonchev–Trinajstić information content (AvgIpc) is 2.90. The lowest BCUT2D eigenvalue weighted by atomic mass is 9.97. The first kappa shape index (κ1) is 15.7. The number of anilines is 1. The maximum atomic E-state index is 11.9. The van der Waals surface area contributed by atoms with E-state index in [1.807, 2.05) is 32.9 Å². The number of aliphatic imine (C=N–C) groups is 1. The molecule has 1 aromatic rings. The Hall–Kier alpha value is -2.14. The summed E-state index contributed by atoms with van der Waals surface area (Å²) >= 11 is 0. The Bertz CT molecular complexity index is 648. The molecule has 122 valence electrons. The summed E-state index contributed by atoms with van der Waals surface area (Å²) in [6.07, 6.45) is 1.77. The van der Waals surface area contributed by atoms with E-state index in [0.717, 1.165) is 31.9 Å². The van der Waals surface area contributed by atoms with Gasteiger partial charge in [0.15, 0.2) is 5.70 Å². The van der Waals surface area contributed by atoms with Gasteiger partial charge >= 0.3 is 5.97 Å². The summed E-state index contributed by atoms with van der Waals surface area (Å²) in [6.45, 7) is 9.26. The molecule has 0 aromatic heterocycles. The summed E-state index contributed by atoms with van der Waals surface area (Å²) < 4.78 is 10.6. The van der Waals surface area contributed by atoms with Crippen LogP contribution in [0.25, 0.3) is 6.08 Å². The van der Waals surface area contributed by atoms with Crippen LogP contribution >= 0.6 is 0 Å². The molecule has 0 spiro atoms. The monoisotopic (exact) mass is 314 g/mol. The predicted octanol–water partition coefficient (Wildman–Crippen LogP) is 2.87. The van der Waals surface area contributed by atoms with Gasteiger partial charge in [0, 0.05) is 24.2 Å². The van der Waals surface area contributed by atoms with E-state index in [1.54, 1.807) is 6.08 Å². The van der Waals surface area contributed by atoms with Gasteiger partial charge in [0.2, 0.25) is 5.90 Å². The van der Waals surface area contributed by atoms with Crippen molar-refractivity contribution in [2.24, 2.45) is 10.4 Å². The lowest BCUT2D eigenvalue weighted by Gasteiger charge is -2.28. The first-order valence-corrected chi connectivity index (χ1v) is 7.89. The highest BCUT2D eigenvalue weighted by Gasteiger charge is 2.31. The highest BCUT2D eigenvalue weighted by Crippen LogP contribution is 2.26. The Balaban J connectivity index is 1.77. The van der Waals surface area contributed by atoms with Crippen LogP contribution in [0.15, 0.2) is 35.0 Å². The van der Waals surface area contributed by atoms with Crippen LogP contribution in [0.3, 0.4) is 0 Å². The molecule has 0 bridgehead atoms. The van der Waals surface area contributed by atoms with E-state index in [1.165, 1.54) is 5.69 Å². The molecule has 2 aliphatic rings. The van der Waals surface area contributed by atoms with Gasteiger partial charge in [-0.15, -0.1) is 0 Å².